The maximum Gasteiger partial charge on any atom is 0.0414 e. The topological polar surface area (TPSA) is 28.2 Å². The number of pyridine rings is 1. The van der Waals surface area contributed by atoms with Gasteiger partial charge in [0.15, 0.2) is 0 Å². The summed E-state index contributed by atoms with van der Waals surface area (Å²) < 4.78 is 0. The molecule has 0 fully saturated rings. The normalized spacial score (nSPS) is 17.9. The number of fused-ring (bicyclic) bond motifs is 1. The Balaban J connectivity index is 1.75. The van der Waals surface area contributed by atoms with E-state index in [4.69, 9.17) is 0 Å². The molecule has 0 aliphatic carbocycles. The maximum atomic E-state index is 4.08. The molecule has 3 rings (SSSR count). The third-order valence-electron chi connectivity index (χ3n) is 4.11. The van der Waals surface area contributed by atoms with E-state index in [0.717, 1.165) is 19.5 Å². The van der Waals surface area contributed by atoms with Crippen LogP contribution in [0.1, 0.15) is 23.6 Å². The summed E-state index contributed by atoms with van der Waals surface area (Å²) in [6.07, 6.45) is 5.98. The Bertz CT molecular complexity index is 553. The van der Waals surface area contributed by atoms with Gasteiger partial charge in [0.1, 0.15) is 0 Å². The molecule has 0 radical (unpaired) electrons. The quantitative estimate of drug-likeness (QED) is 0.923. The fraction of sp³-hybridized carbons (Fsp3) is 0.353. The van der Waals surface area contributed by atoms with Gasteiger partial charge in [-0.2, -0.15) is 0 Å². The summed E-state index contributed by atoms with van der Waals surface area (Å²) in [5.74, 6) is 0. The third-order valence-corrected chi connectivity index (χ3v) is 4.11. The van der Waals surface area contributed by atoms with E-state index in [1.165, 1.54) is 23.2 Å². The van der Waals surface area contributed by atoms with Crippen molar-refractivity contribution in [2.24, 2.45) is 0 Å². The average Bonchev–Trinajstić information content (AvgIpc) is 2.53. The van der Waals surface area contributed by atoms with Crippen molar-refractivity contribution in [3.63, 3.8) is 0 Å². The smallest absolute Gasteiger partial charge is 0.0414 e. The molecule has 2 heterocycles. The predicted octanol–water partition coefficient (Wildman–Crippen LogP) is 2.79. The molecule has 2 aromatic rings. The van der Waals surface area contributed by atoms with Crippen LogP contribution in [0.2, 0.25) is 0 Å². The Morgan fingerprint density at radius 2 is 2.00 bits per heavy atom. The second-order valence-electron chi connectivity index (χ2n) is 5.28. The highest BCUT2D eigenvalue weighted by atomic mass is 15.1. The van der Waals surface area contributed by atoms with E-state index in [9.17, 15) is 0 Å². The lowest BCUT2D eigenvalue weighted by atomic mass is 9.96. The van der Waals surface area contributed by atoms with Crippen molar-refractivity contribution >= 4 is 5.69 Å². The minimum absolute atomic E-state index is 0.489. The molecular formula is C17H21N3. The van der Waals surface area contributed by atoms with E-state index < -0.39 is 0 Å². The van der Waals surface area contributed by atoms with Gasteiger partial charge >= 0.3 is 0 Å². The molecule has 3 heteroatoms. The van der Waals surface area contributed by atoms with Crippen LogP contribution in [0.25, 0.3) is 0 Å². The fourth-order valence-corrected chi connectivity index (χ4v) is 2.98. The van der Waals surface area contributed by atoms with Crippen LogP contribution in [0, 0.1) is 0 Å². The monoisotopic (exact) mass is 267 g/mol. The van der Waals surface area contributed by atoms with E-state index >= 15 is 0 Å². The van der Waals surface area contributed by atoms with Gasteiger partial charge in [0.25, 0.3) is 0 Å². The van der Waals surface area contributed by atoms with Crippen molar-refractivity contribution < 1.29 is 0 Å². The first-order chi connectivity index (χ1) is 9.88. The number of para-hydroxylation sites is 1. The first-order valence-corrected chi connectivity index (χ1v) is 7.28. The van der Waals surface area contributed by atoms with Crippen molar-refractivity contribution in [1.82, 2.24) is 10.3 Å². The van der Waals surface area contributed by atoms with Gasteiger partial charge in [-0.1, -0.05) is 18.2 Å². The highest BCUT2D eigenvalue weighted by Crippen LogP contribution is 2.33. The lowest BCUT2D eigenvalue weighted by Crippen LogP contribution is -2.36. The minimum atomic E-state index is 0.489. The number of hydrogen-bond donors (Lipinski definition) is 1. The van der Waals surface area contributed by atoms with E-state index in [1.54, 1.807) is 0 Å². The number of hydrogen-bond acceptors (Lipinski definition) is 3. The number of nitrogens with zero attached hydrogens (tertiary/aromatic N) is 2. The van der Waals surface area contributed by atoms with Crippen molar-refractivity contribution in [3.05, 3.63) is 59.9 Å². The molecule has 1 aliphatic rings. The van der Waals surface area contributed by atoms with Crippen LogP contribution >= 0.6 is 0 Å². The van der Waals surface area contributed by atoms with Gasteiger partial charge in [0.2, 0.25) is 0 Å². The van der Waals surface area contributed by atoms with E-state index in [2.05, 4.69) is 51.6 Å². The van der Waals surface area contributed by atoms with Crippen LogP contribution in [0.4, 0.5) is 5.69 Å². The second kappa shape index (κ2) is 6.06. The average molecular weight is 267 g/mol. The van der Waals surface area contributed by atoms with Crippen LogP contribution < -0.4 is 10.2 Å². The van der Waals surface area contributed by atoms with Crippen molar-refractivity contribution in [3.8, 4) is 0 Å². The zero-order valence-corrected chi connectivity index (χ0v) is 11.9. The molecule has 104 valence electrons. The minimum Gasteiger partial charge on any atom is -0.371 e. The lowest BCUT2D eigenvalue weighted by Gasteiger charge is -2.35. The Morgan fingerprint density at radius 1 is 1.20 bits per heavy atom. The summed E-state index contributed by atoms with van der Waals surface area (Å²) in [6, 6.07) is 13.5. The summed E-state index contributed by atoms with van der Waals surface area (Å²) in [4.78, 5) is 6.58. The molecule has 0 spiro atoms. The van der Waals surface area contributed by atoms with Gasteiger partial charge in [-0.15, -0.1) is 0 Å². The van der Waals surface area contributed by atoms with Crippen LogP contribution in [-0.4, -0.2) is 25.1 Å². The number of benzene rings is 1. The highest BCUT2D eigenvalue weighted by molar-refractivity contribution is 5.57. The molecule has 1 aromatic heterocycles. The first kappa shape index (κ1) is 13.1. The Kier molecular flexibility index (Phi) is 3.97. The maximum absolute atomic E-state index is 4.08. The van der Waals surface area contributed by atoms with E-state index in [1.807, 2.05) is 19.4 Å². The molecule has 1 atom stereocenters. The summed E-state index contributed by atoms with van der Waals surface area (Å²) in [5, 5.41) is 3.42. The zero-order chi connectivity index (χ0) is 13.8. The molecule has 1 unspecified atom stereocenters. The van der Waals surface area contributed by atoms with Crippen molar-refractivity contribution in [1.29, 1.82) is 0 Å². The van der Waals surface area contributed by atoms with Crippen LogP contribution in [0.5, 0.6) is 0 Å². The number of anilines is 1. The highest BCUT2D eigenvalue weighted by Gasteiger charge is 2.23. The SMILES string of the molecule is CNC1CCN(CCc2ccncc2)c2ccccc21. The summed E-state index contributed by atoms with van der Waals surface area (Å²) in [5.41, 5.74) is 4.16. The number of rotatable bonds is 4. The van der Waals surface area contributed by atoms with Gasteiger partial charge in [-0.25, -0.2) is 0 Å². The molecule has 0 saturated heterocycles. The van der Waals surface area contributed by atoms with Gasteiger partial charge in [-0.3, -0.25) is 4.98 Å². The van der Waals surface area contributed by atoms with E-state index in [-0.39, 0.29) is 0 Å². The number of nitrogens with one attached hydrogen (secondary N) is 1. The van der Waals surface area contributed by atoms with Gasteiger partial charge in [-0.05, 0) is 49.2 Å². The second-order valence-corrected chi connectivity index (χ2v) is 5.28. The largest absolute Gasteiger partial charge is 0.371 e. The van der Waals surface area contributed by atoms with E-state index in [0.29, 0.717) is 6.04 Å². The summed E-state index contributed by atoms with van der Waals surface area (Å²) >= 11 is 0. The predicted molar refractivity (Wildman–Crippen MR) is 83.0 cm³/mol. The Hall–Kier alpha value is -1.87. The lowest BCUT2D eigenvalue weighted by molar-refractivity contribution is 0.517. The molecule has 1 aromatic carbocycles. The van der Waals surface area contributed by atoms with Crippen molar-refractivity contribution in [2.75, 3.05) is 25.0 Å². The Labute approximate surface area is 120 Å². The molecule has 0 saturated carbocycles. The first-order valence-electron chi connectivity index (χ1n) is 7.28. The van der Waals surface area contributed by atoms with Crippen LogP contribution in [0.3, 0.4) is 0 Å². The molecule has 1 aliphatic heterocycles. The van der Waals surface area contributed by atoms with Gasteiger partial charge in [0.05, 0.1) is 0 Å². The van der Waals surface area contributed by atoms with Crippen molar-refractivity contribution in [2.45, 2.75) is 18.9 Å². The molecular weight excluding hydrogens is 246 g/mol. The summed E-state index contributed by atoms with van der Waals surface area (Å²) in [6.45, 7) is 2.19. The third kappa shape index (κ3) is 2.68. The zero-order valence-electron chi connectivity index (χ0n) is 11.9. The number of aromatic nitrogens is 1. The molecule has 3 nitrogen and oxygen atoms in total. The molecule has 1 N–H and O–H groups in total. The molecule has 20 heavy (non-hydrogen) atoms. The molecule has 0 bridgehead atoms. The van der Waals surface area contributed by atoms with Crippen LogP contribution in [0.15, 0.2) is 48.8 Å². The van der Waals surface area contributed by atoms with Crippen LogP contribution in [-0.2, 0) is 6.42 Å². The molecule has 0 amide bonds. The van der Waals surface area contributed by atoms with Gasteiger partial charge in [0, 0.05) is 37.2 Å². The van der Waals surface area contributed by atoms with Gasteiger partial charge < -0.3 is 10.2 Å². The standard InChI is InChI=1S/C17H21N3/c1-18-16-9-13-20(17-5-3-2-4-15(16)17)12-8-14-6-10-19-11-7-14/h2-7,10-11,16,18H,8-9,12-13H2,1H3. The fourth-order valence-electron chi connectivity index (χ4n) is 2.98. The Morgan fingerprint density at radius 3 is 2.80 bits per heavy atom. The summed E-state index contributed by atoms with van der Waals surface area (Å²) in [7, 11) is 2.05.